The molecule has 3 rings (SSSR count). The lowest BCUT2D eigenvalue weighted by Gasteiger charge is -2.28. The van der Waals surface area contributed by atoms with E-state index in [2.05, 4.69) is 105 Å². The standard InChI is InChI=1S/C28H35N3.C2H6/c1-8-18-30(21(4)5)23(7)27-22(6)29-28(26-17-13-12-16-25(26)20(2)3)31(27)19-24-14-10-9-11-15-24;1-2/h9-17,20H,4,7-8,18-19H2,1-3,5-6H3;1-2H3. The van der Waals surface area contributed by atoms with Crippen LogP contribution in [0, 0.1) is 6.92 Å². The fourth-order valence-electron chi connectivity index (χ4n) is 4.18. The molecule has 0 aliphatic heterocycles. The summed E-state index contributed by atoms with van der Waals surface area (Å²) in [5.74, 6) is 1.41. The van der Waals surface area contributed by atoms with Crippen LogP contribution < -0.4 is 0 Å². The van der Waals surface area contributed by atoms with Crippen LogP contribution in [0.15, 0.2) is 73.5 Å². The van der Waals surface area contributed by atoms with Gasteiger partial charge >= 0.3 is 0 Å². The molecule has 2 aromatic carbocycles. The van der Waals surface area contributed by atoms with Gasteiger partial charge in [-0.25, -0.2) is 4.98 Å². The van der Waals surface area contributed by atoms with Crippen LogP contribution in [0.25, 0.3) is 17.1 Å². The van der Waals surface area contributed by atoms with Crippen LogP contribution in [0.1, 0.15) is 76.4 Å². The van der Waals surface area contributed by atoms with Gasteiger partial charge in [-0.1, -0.05) is 102 Å². The Kier molecular flexibility index (Phi) is 9.72. The van der Waals surface area contributed by atoms with E-state index in [1.165, 1.54) is 16.7 Å². The number of benzene rings is 2. The number of nitrogens with zero attached hydrogens (tertiary/aromatic N) is 3. The molecule has 0 spiro atoms. The number of rotatable bonds is 9. The summed E-state index contributed by atoms with van der Waals surface area (Å²) in [6.07, 6.45) is 1.03. The van der Waals surface area contributed by atoms with Crippen molar-refractivity contribution < 1.29 is 0 Å². The molecule has 0 amide bonds. The molecule has 1 heterocycles. The second-order valence-electron chi connectivity index (χ2n) is 8.52. The van der Waals surface area contributed by atoms with Crippen LogP contribution in [0.2, 0.25) is 0 Å². The molecule has 33 heavy (non-hydrogen) atoms. The third-order valence-corrected chi connectivity index (χ3v) is 5.66. The number of aryl methyl sites for hydroxylation is 1. The Bertz CT molecular complexity index is 1060. The minimum absolute atomic E-state index is 0.414. The Balaban J connectivity index is 0.00000187. The van der Waals surface area contributed by atoms with Crippen molar-refractivity contribution >= 4 is 5.70 Å². The molecule has 0 N–H and O–H groups in total. The summed E-state index contributed by atoms with van der Waals surface area (Å²) in [7, 11) is 0. The van der Waals surface area contributed by atoms with E-state index in [0.717, 1.165) is 48.1 Å². The Hall–Kier alpha value is -3.07. The fraction of sp³-hybridized carbons (Fsp3) is 0.367. The van der Waals surface area contributed by atoms with E-state index in [4.69, 9.17) is 4.98 Å². The van der Waals surface area contributed by atoms with Crippen molar-refractivity contribution in [2.75, 3.05) is 6.54 Å². The highest BCUT2D eigenvalue weighted by Crippen LogP contribution is 2.34. The second-order valence-corrected chi connectivity index (χ2v) is 8.52. The summed E-state index contributed by atoms with van der Waals surface area (Å²) in [4.78, 5) is 7.30. The second kappa shape index (κ2) is 12.2. The van der Waals surface area contributed by atoms with Crippen molar-refractivity contribution in [1.82, 2.24) is 14.5 Å². The van der Waals surface area contributed by atoms with Gasteiger partial charge in [0.15, 0.2) is 0 Å². The third-order valence-electron chi connectivity index (χ3n) is 5.66. The van der Waals surface area contributed by atoms with Gasteiger partial charge in [-0.3, -0.25) is 0 Å². The van der Waals surface area contributed by atoms with Gasteiger partial charge in [-0.05, 0) is 37.3 Å². The van der Waals surface area contributed by atoms with Crippen molar-refractivity contribution in [2.24, 2.45) is 0 Å². The number of allylic oxidation sites excluding steroid dienone is 1. The Labute approximate surface area is 201 Å². The van der Waals surface area contributed by atoms with E-state index in [0.29, 0.717) is 5.92 Å². The minimum atomic E-state index is 0.414. The third kappa shape index (κ3) is 6.04. The topological polar surface area (TPSA) is 21.1 Å². The van der Waals surface area contributed by atoms with Crippen molar-refractivity contribution in [3.8, 4) is 11.4 Å². The zero-order valence-electron chi connectivity index (χ0n) is 21.7. The first-order chi connectivity index (χ1) is 15.8. The van der Waals surface area contributed by atoms with Crippen LogP contribution in [-0.4, -0.2) is 21.0 Å². The summed E-state index contributed by atoms with van der Waals surface area (Å²) in [5, 5.41) is 0. The van der Waals surface area contributed by atoms with Crippen molar-refractivity contribution in [3.63, 3.8) is 0 Å². The molecule has 3 heteroatoms. The van der Waals surface area contributed by atoms with Gasteiger partial charge in [0.2, 0.25) is 0 Å². The number of hydrogen-bond acceptors (Lipinski definition) is 2. The summed E-state index contributed by atoms with van der Waals surface area (Å²) in [6, 6.07) is 19.2. The molecular formula is C30H41N3. The van der Waals surface area contributed by atoms with Crippen molar-refractivity contribution in [2.45, 2.75) is 67.3 Å². The summed E-state index contributed by atoms with van der Waals surface area (Å²) in [6.45, 7) is 25.1. The Morgan fingerprint density at radius 3 is 2.18 bits per heavy atom. The molecular weight excluding hydrogens is 402 g/mol. The zero-order valence-corrected chi connectivity index (χ0v) is 21.7. The summed E-state index contributed by atoms with van der Waals surface area (Å²) >= 11 is 0. The Morgan fingerprint density at radius 2 is 1.61 bits per heavy atom. The average Bonchev–Trinajstić information content (AvgIpc) is 3.14. The number of hydrogen-bond donors (Lipinski definition) is 0. The first-order valence-electron chi connectivity index (χ1n) is 12.2. The molecule has 3 nitrogen and oxygen atoms in total. The van der Waals surface area contributed by atoms with Gasteiger partial charge in [0.25, 0.3) is 0 Å². The normalized spacial score (nSPS) is 10.5. The van der Waals surface area contributed by atoms with Crippen LogP contribution in [-0.2, 0) is 6.54 Å². The van der Waals surface area contributed by atoms with E-state index >= 15 is 0 Å². The van der Waals surface area contributed by atoms with Gasteiger partial charge in [0.05, 0.1) is 17.1 Å². The maximum absolute atomic E-state index is 5.09. The smallest absolute Gasteiger partial charge is 0.141 e. The highest BCUT2D eigenvalue weighted by molar-refractivity contribution is 5.70. The van der Waals surface area contributed by atoms with Gasteiger partial charge in [-0.2, -0.15) is 0 Å². The number of aromatic nitrogens is 2. The van der Waals surface area contributed by atoms with E-state index in [1.54, 1.807) is 0 Å². The molecule has 0 saturated carbocycles. The highest BCUT2D eigenvalue weighted by Gasteiger charge is 2.23. The molecule has 0 bridgehead atoms. The number of imidazole rings is 1. The molecule has 0 aliphatic rings. The Morgan fingerprint density at radius 1 is 1.00 bits per heavy atom. The molecule has 0 fully saturated rings. The monoisotopic (exact) mass is 443 g/mol. The molecule has 3 aromatic rings. The molecule has 1 aromatic heterocycles. The van der Waals surface area contributed by atoms with Gasteiger partial charge in [0.1, 0.15) is 5.82 Å². The molecule has 0 atom stereocenters. The van der Waals surface area contributed by atoms with Crippen molar-refractivity contribution in [3.05, 3.63) is 96.0 Å². The van der Waals surface area contributed by atoms with Crippen LogP contribution in [0.5, 0.6) is 0 Å². The molecule has 0 unspecified atom stereocenters. The summed E-state index contributed by atoms with van der Waals surface area (Å²) in [5.41, 5.74) is 7.78. The largest absolute Gasteiger partial charge is 0.345 e. The average molecular weight is 444 g/mol. The molecule has 0 aliphatic carbocycles. The van der Waals surface area contributed by atoms with E-state index in [1.807, 2.05) is 20.8 Å². The summed E-state index contributed by atoms with van der Waals surface area (Å²) < 4.78 is 2.33. The SMILES string of the molecule is C=C(C)N(CCC)C(=C)c1c(C)nc(-c2ccccc2C(C)C)n1Cc1ccccc1.CC. The minimum Gasteiger partial charge on any atom is -0.345 e. The fourth-order valence-corrected chi connectivity index (χ4v) is 4.18. The predicted octanol–water partition coefficient (Wildman–Crippen LogP) is 8.27. The van der Waals surface area contributed by atoms with E-state index < -0.39 is 0 Å². The lowest BCUT2D eigenvalue weighted by molar-refractivity contribution is 0.483. The quantitative estimate of drug-likeness (QED) is 0.332. The van der Waals surface area contributed by atoms with E-state index in [-0.39, 0.29) is 0 Å². The lowest BCUT2D eigenvalue weighted by Crippen LogP contribution is -2.22. The van der Waals surface area contributed by atoms with Crippen LogP contribution in [0.3, 0.4) is 0 Å². The lowest BCUT2D eigenvalue weighted by atomic mass is 9.97. The highest BCUT2D eigenvalue weighted by atomic mass is 15.2. The predicted molar refractivity (Wildman–Crippen MR) is 144 cm³/mol. The van der Waals surface area contributed by atoms with Crippen molar-refractivity contribution in [1.29, 1.82) is 0 Å². The maximum atomic E-state index is 5.09. The zero-order chi connectivity index (χ0) is 24.5. The molecule has 0 radical (unpaired) electrons. The molecule has 176 valence electrons. The maximum Gasteiger partial charge on any atom is 0.141 e. The van der Waals surface area contributed by atoms with Gasteiger partial charge < -0.3 is 9.47 Å². The van der Waals surface area contributed by atoms with Crippen LogP contribution in [0.4, 0.5) is 0 Å². The van der Waals surface area contributed by atoms with Gasteiger partial charge in [-0.15, -0.1) is 0 Å². The van der Waals surface area contributed by atoms with E-state index in [9.17, 15) is 0 Å². The van der Waals surface area contributed by atoms with Crippen LogP contribution >= 0.6 is 0 Å². The first kappa shape index (κ1) is 26.2. The van der Waals surface area contributed by atoms with Gasteiger partial charge in [0, 0.05) is 24.4 Å². The first-order valence-corrected chi connectivity index (χ1v) is 12.2. The molecule has 0 saturated heterocycles.